The maximum absolute atomic E-state index is 13.5. The second-order valence-corrected chi connectivity index (χ2v) is 9.04. The summed E-state index contributed by atoms with van der Waals surface area (Å²) in [6.45, 7) is 2.71. The molecule has 0 heterocycles. The maximum atomic E-state index is 13.5. The molecule has 0 saturated heterocycles. The van der Waals surface area contributed by atoms with Gasteiger partial charge in [-0.15, -0.1) is 0 Å². The summed E-state index contributed by atoms with van der Waals surface area (Å²) in [5.74, 6) is -1.72. The number of nitrogens with zero attached hydrogens (tertiary/aromatic N) is 1. The minimum absolute atomic E-state index is 0.0140. The van der Waals surface area contributed by atoms with Crippen LogP contribution in [0.1, 0.15) is 31.7 Å². The molecule has 170 valence electrons. The lowest BCUT2D eigenvalue weighted by Crippen LogP contribution is -2.33. The van der Waals surface area contributed by atoms with Crippen LogP contribution in [-0.4, -0.2) is 40.3 Å². The van der Waals surface area contributed by atoms with Gasteiger partial charge in [0.25, 0.3) is 0 Å². The van der Waals surface area contributed by atoms with Gasteiger partial charge in [0.05, 0.1) is 18.5 Å². The standard InChI is InChI=1S/C22H28F2N2O4S/c1-3-5-17-7-10-19(11-8-17)30-15-13-25-22(27)6-4-14-26(31(2,28)29)18-9-12-20(23)21(24)16-18/h7-12,16H,3-6,13-15H2,1-2H3,(H,25,27). The summed E-state index contributed by atoms with van der Waals surface area (Å²) in [4.78, 5) is 12.0. The van der Waals surface area contributed by atoms with Crippen molar-refractivity contribution in [1.82, 2.24) is 5.32 Å². The quantitative estimate of drug-likeness (QED) is 0.497. The lowest BCUT2D eigenvalue weighted by Gasteiger charge is -2.22. The lowest BCUT2D eigenvalue weighted by molar-refractivity contribution is -0.121. The zero-order chi connectivity index (χ0) is 22.9. The number of nitrogens with one attached hydrogen (secondary N) is 1. The van der Waals surface area contributed by atoms with E-state index in [9.17, 15) is 22.0 Å². The van der Waals surface area contributed by atoms with E-state index in [1.54, 1.807) is 0 Å². The molecule has 0 saturated carbocycles. The number of halogens is 2. The summed E-state index contributed by atoms with van der Waals surface area (Å²) in [5, 5.41) is 2.71. The van der Waals surface area contributed by atoms with Crippen molar-refractivity contribution in [3.8, 4) is 5.75 Å². The van der Waals surface area contributed by atoms with Crippen molar-refractivity contribution in [2.45, 2.75) is 32.6 Å². The number of carbonyl (C=O) groups is 1. The normalized spacial score (nSPS) is 11.2. The smallest absolute Gasteiger partial charge is 0.232 e. The minimum Gasteiger partial charge on any atom is -0.492 e. The van der Waals surface area contributed by atoms with Crippen LogP contribution in [0.4, 0.5) is 14.5 Å². The van der Waals surface area contributed by atoms with Crippen LogP contribution in [0.2, 0.25) is 0 Å². The van der Waals surface area contributed by atoms with Gasteiger partial charge in [0.2, 0.25) is 15.9 Å². The number of sulfonamides is 1. The fraction of sp³-hybridized carbons (Fsp3) is 0.409. The number of amides is 1. The van der Waals surface area contributed by atoms with Gasteiger partial charge in [0.15, 0.2) is 11.6 Å². The van der Waals surface area contributed by atoms with Crippen molar-refractivity contribution in [3.63, 3.8) is 0 Å². The summed E-state index contributed by atoms with van der Waals surface area (Å²) in [7, 11) is -3.71. The molecule has 1 N–H and O–H groups in total. The third kappa shape index (κ3) is 8.16. The Balaban J connectivity index is 1.74. The molecule has 1 amide bonds. The molecular formula is C22H28F2N2O4S. The fourth-order valence-electron chi connectivity index (χ4n) is 3.00. The molecule has 9 heteroatoms. The van der Waals surface area contributed by atoms with E-state index in [1.807, 2.05) is 24.3 Å². The van der Waals surface area contributed by atoms with Crippen LogP contribution in [0.3, 0.4) is 0 Å². The highest BCUT2D eigenvalue weighted by molar-refractivity contribution is 7.92. The Labute approximate surface area is 182 Å². The van der Waals surface area contributed by atoms with Gasteiger partial charge in [0, 0.05) is 19.0 Å². The minimum atomic E-state index is -3.71. The molecule has 31 heavy (non-hydrogen) atoms. The van der Waals surface area contributed by atoms with Gasteiger partial charge < -0.3 is 10.1 Å². The second kappa shape index (κ2) is 11.6. The van der Waals surface area contributed by atoms with Crippen LogP contribution in [0.25, 0.3) is 0 Å². The summed E-state index contributed by atoms with van der Waals surface area (Å²) in [5.41, 5.74) is 1.26. The predicted molar refractivity (Wildman–Crippen MR) is 117 cm³/mol. The van der Waals surface area contributed by atoms with E-state index in [0.717, 1.165) is 41.3 Å². The van der Waals surface area contributed by atoms with Crippen molar-refractivity contribution >= 4 is 21.6 Å². The number of benzene rings is 2. The molecule has 2 aromatic carbocycles. The average molecular weight is 455 g/mol. The third-order valence-electron chi connectivity index (χ3n) is 4.51. The van der Waals surface area contributed by atoms with E-state index < -0.39 is 21.7 Å². The van der Waals surface area contributed by atoms with E-state index >= 15 is 0 Å². The van der Waals surface area contributed by atoms with Gasteiger partial charge in [-0.05, 0) is 42.7 Å². The van der Waals surface area contributed by atoms with Crippen LogP contribution >= 0.6 is 0 Å². The van der Waals surface area contributed by atoms with Gasteiger partial charge >= 0.3 is 0 Å². The van der Waals surface area contributed by atoms with Crippen molar-refractivity contribution in [2.24, 2.45) is 0 Å². The summed E-state index contributed by atoms with van der Waals surface area (Å²) in [6, 6.07) is 10.7. The summed E-state index contributed by atoms with van der Waals surface area (Å²) in [6.07, 6.45) is 3.37. The first-order valence-corrected chi connectivity index (χ1v) is 12.0. The molecule has 0 aliphatic rings. The van der Waals surface area contributed by atoms with E-state index in [2.05, 4.69) is 12.2 Å². The highest BCUT2D eigenvalue weighted by atomic mass is 32.2. The molecule has 0 aliphatic heterocycles. The Bertz CT molecular complexity index is 966. The van der Waals surface area contributed by atoms with Gasteiger partial charge in [0.1, 0.15) is 12.4 Å². The average Bonchev–Trinajstić information content (AvgIpc) is 2.71. The Morgan fingerprint density at radius 3 is 2.42 bits per heavy atom. The van der Waals surface area contributed by atoms with Gasteiger partial charge in [-0.3, -0.25) is 9.10 Å². The number of rotatable bonds is 12. The molecule has 6 nitrogen and oxygen atoms in total. The van der Waals surface area contributed by atoms with Gasteiger partial charge in [-0.25, -0.2) is 17.2 Å². The highest BCUT2D eigenvalue weighted by Gasteiger charge is 2.19. The summed E-state index contributed by atoms with van der Waals surface area (Å²) >= 11 is 0. The van der Waals surface area contributed by atoms with Crippen LogP contribution in [-0.2, 0) is 21.2 Å². The van der Waals surface area contributed by atoms with Gasteiger partial charge in [-0.1, -0.05) is 25.5 Å². The second-order valence-electron chi connectivity index (χ2n) is 7.13. The number of carbonyl (C=O) groups excluding carboxylic acids is 1. The van der Waals surface area contributed by atoms with Crippen molar-refractivity contribution in [2.75, 3.05) is 30.3 Å². The Morgan fingerprint density at radius 2 is 1.81 bits per heavy atom. The van der Waals surface area contributed by atoms with Crippen LogP contribution in [0.15, 0.2) is 42.5 Å². The number of hydrogen-bond donors (Lipinski definition) is 1. The largest absolute Gasteiger partial charge is 0.492 e. The Morgan fingerprint density at radius 1 is 1.10 bits per heavy atom. The fourth-order valence-corrected chi connectivity index (χ4v) is 3.96. The first-order valence-electron chi connectivity index (χ1n) is 10.1. The highest BCUT2D eigenvalue weighted by Crippen LogP contribution is 2.21. The Hall–Kier alpha value is -2.68. The molecule has 2 aromatic rings. The maximum Gasteiger partial charge on any atom is 0.232 e. The van der Waals surface area contributed by atoms with E-state index in [0.29, 0.717) is 13.2 Å². The summed E-state index contributed by atoms with van der Waals surface area (Å²) < 4.78 is 57.1. The Kier molecular flexibility index (Phi) is 9.23. The third-order valence-corrected chi connectivity index (χ3v) is 5.71. The molecule has 0 bridgehead atoms. The van der Waals surface area contributed by atoms with E-state index in [4.69, 9.17) is 4.74 Å². The first-order chi connectivity index (χ1) is 14.7. The molecule has 2 rings (SSSR count). The van der Waals surface area contributed by atoms with Crippen molar-refractivity contribution in [1.29, 1.82) is 0 Å². The molecule has 0 radical (unpaired) electrons. The van der Waals surface area contributed by atoms with E-state index in [1.165, 1.54) is 11.6 Å². The molecule has 0 unspecified atom stereocenters. The number of anilines is 1. The monoisotopic (exact) mass is 454 g/mol. The molecular weight excluding hydrogens is 426 g/mol. The van der Waals surface area contributed by atoms with Crippen molar-refractivity contribution in [3.05, 3.63) is 59.7 Å². The molecule has 0 spiro atoms. The van der Waals surface area contributed by atoms with E-state index in [-0.39, 0.29) is 31.0 Å². The topological polar surface area (TPSA) is 75.7 Å². The predicted octanol–water partition coefficient (Wildman–Crippen LogP) is 3.66. The first kappa shape index (κ1) is 24.6. The molecule has 0 fully saturated rings. The molecule has 0 aliphatic carbocycles. The lowest BCUT2D eigenvalue weighted by atomic mass is 10.1. The number of aryl methyl sites for hydroxylation is 1. The SMILES string of the molecule is CCCc1ccc(OCCNC(=O)CCCN(c2ccc(F)c(F)c2)S(C)(=O)=O)cc1. The molecule has 0 aromatic heterocycles. The van der Waals surface area contributed by atoms with Crippen LogP contribution in [0, 0.1) is 11.6 Å². The van der Waals surface area contributed by atoms with Crippen LogP contribution in [0.5, 0.6) is 5.75 Å². The number of ether oxygens (including phenoxy) is 1. The zero-order valence-electron chi connectivity index (χ0n) is 17.7. The van der Waals surface area contributed by atoms with Crippen LogP contribution < -0.4 is 14.4 Å². The zero-order valence-corrected chi connectivity index (χ0v) is 18.6. The van der Waals surface area contributed by atoms with Gasteiger partial charge in [-0.2, -0.15) is 0 Å². The molecule has 0 atom stereocenters. The van der Waals surface area contributed by atoms with Crippen molar-refractivity contribution < 1.29 is 26.7 Å². The number of hydrogen-bond acceptors (Lipinski definition) is 4.